The van der Waals surface area contributed by atoms with Gasteiger partial charge in [-0.05, 0) is 44.9 Å². The fourth-order valence-corrected chi connectivity index (χ4v) is 4.04. The fraction of sp³-hybridized carbons (Fsp3) is 0.733. The molecule has 5 heteroatoms. The van der Waals surface area contributed by atoms with Crippen LogP contribution in [0.15, 0.2) is 12.2 Å². The Hall–Kier alpha value is -1.52. The highest BCUT2D eigenvalue weighted by molar-refractivity contribution is 5.81. The molecule has 3 rings (SSSR count). The molecule has 5 atom stereocenters. The van der Waals surface area contributed by atoms with Crippen molar-refractivity contribution in [3.8, 4) is 0 Å². The molecular weight excluding hydrogens is 258 g/mol. The summed E-state index contributed by atoms with van der Waals surface area (Å²) < 4.78 is 5.36. The molecule has 110 valence electrons. The summed E-state index contributed by atoms with van der Waals surface area (Å²) in [6, 6.07) is -0.741. The van der Waals surface area contributed by atoms with Gasteiger partial charge in [0.1, 0.15) is 11.6 Å². The predicted molar refractivity (Wildman–Crippen MR) is 72.1 cm³/mol. The van der Waals surface area contributed by atoms with E-state index >= 15 is 0 Å². The van der Waals surface area contributed by atoms with Crippen molar-refractivity contribution in [2.45, 2.75) is 38.8 Å². The van der Waals surface area contributed by atoms with Crippen molar-refractivity contribution in [1.82, 2.24) is 4.90 Å². The van der Waals surface area contributed by atoms with Gasteiger partial charge >= 0.3 is 12.1 Å². The van der Waals surface area contributed by atoms with E-state index in [1.54, 1.807) is 20.8 Å². The smallest absolute Gasteiger partial charge is 0.411 e. The van der Waals surface area contributed by atoms with Crippen LogP contribution in [0.2, 0.25) is 0 Å². The van der Waals surface area contributed by atoms with Crippen LogP contribution in [0.4, 0.5) is 4.79 Å². The largest absolute Gasteiger partial charge is 0.480 e. The van der Waals surface area contributed by atoms with E-state index in [2.05, 4.69) is 12.2 Å². The highest BCUT2D eigenvalue weighted by Gasteiger charge is 2.58. The van der Waals surface area contributed by atoms with E-state index in [1.165, 1.54) is 4.90 Å². The third-order valence-electron chi connectivity index (χ3n) is 4.68. The third kappa shape index (κ3) is 2.00. The number of aliphatic carboxylic acids is 1. The first-order valence-corrected chi connectivity index (χ1v) is 7.18. The van der Waals surface area contributed by atoms with Crippen molar-refractivity contribution in [2.75, 3.05) is 6.54 Å². The Morgan fingerprint density at radius 2 is 1.90 bits per heavy atom. The summed E-state index contributed by atoms with van der Waals surface area (Å²) in [7, 11) is 0. The van der Waals surface area contributed by atoms with Crippen molar-refractivity contribution < 1.29 is 19.4 Å². The van der Waals surface area contributed by atoms with E-state index < -0.39 is 23.7 Å². The first kappa shape index (κ1) is 13.5. The van der Waals surface area contributed by atoms with Crippen LogP contribution in [0.25, 0.3) is 0 Å². The zero-order chi connectivity index (χ0) is 14.7. The number of carboxylic acids is 1. The quantitative estimate of drug-likeness (QED) is 0.747. The Morgan fingerprint density at radius 3 is 2.50 bits per heavy atom. The maximum atomic E-state index is 12.3. The molecule has 1 N–H and O–H groups in total. The molecule has 1 amide bonds. The number of nitrogens with zero attached hydrogens (tertiary/aromatic N) is 1. The van der Waals surface area contributed by atoms with Crippen LogP contribution in [0.1, 0.15) is 27.2 Å². The fourth-order valence-electron chi connectivity index (χ4n) is 4.04. The van der Waals surface area contributed by atoms with E-state index in [9.17, 15) is 14.7 Å². The monoisotopic (exact) mass is 279 g/mol. The number of allylic oxidation sites excluding steroid dienone is 2. The first-order chi connectivity index (χ1) is 9.28. The molecule has 1 saturated heterocycles. The van der Waals surface area contributed by atoms with E-state index in [1.807, 2.05) is 0 Å². The molecule has 4 unspecified atom stereocenters. The lowest BCUT2D eigenvalue weighted by Gasteiger charge is -2.29. The standard InChI is InChI=1S/C15H21NO4/c1-15(2,3)20-14(19)16-7-10-8-4-5-9(6-8)11(10)12(16)13(17)18/h4-5,8-12H,6-7H2,1-3H3,(H,17,18)/t8?,9?,10?,11?,12-/m0/s1. The number of fused-ring (bicyclic) bond motifs is 5. The summed E-state index contributed by atoms with van der Waals surface area (Å²) in [5.74, 6) is 0.149. The average Bonchev–Trinajstić information content (AvgIpc) is 2.97. The molecule has 20 heavy (non-hydrogen) atoms. The number of rotatable bonds is 1. The molecule has 1 aliphatic heterocycles. The molecule has 2 bridgehead atoms. The van der Waals surface area contributed by atoms with Crippen LogP contribution >= 0.6 is 0 Å². The number of carboxylic acid groups (broad SMARTS) is 1. The number of hydrogen-bond acceptors (Lipinski definition) is 3. The topological polar surface area (TPSA) is 66.8 Å². The van der Waals surface area contributed by atoms with Gasteiger partial charge in [-0.1, -0.05) is 12.2 Å². The van der Waals surface area contributed by atoms with Gasteiger partial charge in [-0.15, -0.1) is 0 Å². The Bertz CT molecular complexity index is 479. The van der Waals surface area contributed by atoms with Crippen molar-refractivity contribution in [2.24, 2.45) is 23.7 Å². The zero-order valence-corrected chi connectivity index (χ0v) is 12.1. The van der Waals surface area contributed by atoms with Crippen molar-refractivity contribution in [3.05, 3.63) is 12.2 Å². The molecule has 1 saturated carbocycles. The molecular formula is C15H21NO4. The Kier molecular flexibility index (Phi) is 2.85. The second kappa shape index (κ2) is 4.24. The van der Waals surface area contributed by atoms with Gasteiger partial charge < -0.3 is 9.84 Å². The summed E-state index contributed by atoms with van der Waals surface area (Å²) in [5, 5.41) is 9.53. The van der Waals surface area contributed by atoms with Crippen LogP contribution in [0, 0.1) is 23.7 Å². The lowest BCUT2D eigenvalue weighted by atomic mass is 9.82. The second-order valence-corrected chi connectivity index (χ2v) is 7.11. The number of ether oxygens (including phenoxy) is 1. The lowest BCUT2D eigenvalue weighted by Crippen LogP contribution is -2.46. The molecule has 0 aromatic rings. The van der Waals surface area contributed by atoms with Gasteiger partial charge in [-0.25, -0.2) is 9.59 Å². The van der Waals surface area contributed by atoms with E-state index in [4.69, 9.17) is 4.74 Å². The van der Waals surface area contributed by atoms with E-state index in [0.29, 0.717) is 18.4 Å². The number of likely N-dealkylation sites (tertiary alicyclic amines) is 1. The number of carbonyl (C=O) groups excluding carboxylic acids is 1. The minimum atomic E-state index is -0.913. The molecule has 0 radical (unpaired) electrons. The third-order valence-corrected chi connectivity index (χ3v) is 4.68. The number of carbonyl (C=O) groups is 2. The first-order valence-electron chi connectivity index (χ1n) is 7.18. The van der Waals surface area contributed by atoms with Gasteiger partial charge in [0.15, 0.2) is 0 Å². The van der Waals surface area contributed by atoms with Crippen molar-refractivity contribution in [3.63, 3.8) is 0 Å². The van der Waals surface area contributed by atoms with Crippen LogP contribution in [-0.2, 0) is 9.53 Å². The maximum absolute atomic E-state index is 12.3. The predicted octanol–water partition coefficient (Wildman–Crippen LogP) is 2.13. The normalized spacial score (nSPS) is 38.1. The lowest BCUT2D eigenvalue weighted by molar-refractivity contribution is -0.143. The number of hydrogen-bond donors (Lipinski definition) is 1. The van der Waals surface area contributed by atoms with E-state index in [0.717, 1.165) is 6.42 Å². The van der Waals surface area contributed by atoms with Crippen LogP contribution < -0.4 is 0 Å². The summed E-state index contributed by atoms with van der Waals surface area (Å²) in [6.45, 7) is 5.89. The van der Waals surface area contributed by atoms with Gasteiger partial charge in [0.25, 0.3) is 0 Å². The second-order valence-electron chi connectivity index (χ2n) is 7.11. The molecule has 1 heterocycles. The van der Waals surface area contributed by atoms with Crippen LogP contribution in [0.3, 0.4) is 0 Å². The van der Waals surface area contributed by atoms with Gasteiger partial charge in [-0.3, -0.25) is 4.90 Å². The average molecular weight is 279 g/mol. The van der Waals surface area contributed by atoms with E-state index in [-0.39, 0.29) is 11.8 Å². The minimum absolute atomic E-state index is 0.0509. The molecule has 5 nitrogen and oxygen atoms in total. The Labute approximate surface area is 118 Å². The zero-order valence-electron chi connectivity index (χ0n) is 12.1. The molecule has 0 spiro atoms. The molecule has 2 aliphatic carbocycles. The maximum Gasteiger partial charge on any atom is 0.411 e. The van der Waals surface area contributed by atoms with Crippen molar-refractivity contribution in [1.29, 1.82) is 0 Å². The SMILES string of the molecule is CC(C)(C)OC(=O)N1CC2C3C=CC(C3)C2[C@H]1C(=O)O. The van der Waals surface area contributed by atoms with Gasteiger partial charge in [0.2, 0.25) is 0 Å². The summed E-state index contributed by atoms with van der Waals surface area (Å²) in [5.41, 5.74) is -0.602. The molecule has 0 aromatic heterocycles. The Morgan fingerprint density at radius 1 is 1.25 bits per heavy atom. The van der Waals surface area contributed by atoms with Gasteiger partial charge in [0.05, 0.1) is 0 Å². The molecule has 3 aliphatic rings. The number of amides is 1. The van der Waals surface area contributed by atoms with Crippen molar-refractivity contribution >= 4 is 12.1 Å². The van der Waals surface area contributed by atoms with Crippen LogP contribution in [0.5, 0.6) is 0 Å². The summed E-state index contributed by atoms with van der Waals surface area (Å²) >= 11 is 0. The molecule has 0 aromatic carbocycles. The summed E-state index contributed by atoms with van der Waals surface area (Å²) in [4.78, 5) is 25.3. The highest BCUT2D eigenvalue weighted by Crippen LogP contribution is 2.54. The minimum Gasteiger partial charge on any atom is -0.480 e. The van der Waals surface area contributed by atoms with Crippen LogP contribution in [-0.4, -0.2) is 40.3 Å². The van der Waals surface area contributed by atoms with Gasteiger partial charge in [0, 0.05) is 12.5 Å². The highest BCUT2D eigenvalue weighted by atomic mass is 16.6. The molecule has 2 fully saturated rings. The summed E-state index contributed by atoms with van der Waals surface area (Å²) in [6.07, 6.45) is 4.85. The Balaban J connectivity index is 1.83. The van der Waals surface area contributed by atoms with Gasteiger partial charge in [-0.2, -0.15) is 0 Å².